The zero-order valence-electron chi connectivity index (χ0n) is 13.5. The van der Waals surface area contributed by atoms with Gasteiger partial charge in [-0.05, 0) is 30.3 Å². The lowest BCUT2D eigenvalue weighted by Crippen LogP contribution is -2.20. The summed E-state index contributed by atoms with van der Waals surface area (Å²) in [5.74, 6) is -0.422. The highest BCUT2D eigenvalue weighted by Crippen LogP contribution is 2.31. The number of benzene rings is 2. The Morgan fingerprint density at radius 2 is 1.67 bits per heavy atom. The maximum atomic E-state index is 12.6. The van der Waals surface area contributed by atoms with Gasteiger partial charge in [-0.3, -0.25) is 0 Å². The number of hydrogen-bond acceptors (Lipinski definition) is 4. The molecule has 0 radical (unpaired) electrons. The molecule has 0 atom stereocenters. The lowest BCUT2D eigenvalue weighted by molar-refractivity contribution is -0.137. The number of rotatable bonds is 2. The second kappa shape index (κ2) is 8.95. The lowest BCUT2D eigenvalue weighted by Gasteiger charge is -2.11. The van der Waals surface area contributed by atoms with Crippen molar-refractivity contribution in [3.05, 3.63) is 53.6 Å². The van der Waals surface area contributed by atoms with Crippen molar-refractivity contribution in [2.45, 2.75) is 6.18 Å². The van der Waals surface area contributed by atoms with E-state index in [-0.39, 0.29) is 16.9 Å². The van der Waals surface area contributed by atoms with E-state index in [2.05, 4.69) is 22.1 Å². The molecular formula is C16H14F3N5O3. The molecule has 0 spiro atoms. The largest absolute Gasteiger partial charge is 0.504 e. The normalized spacial score (nSPS) is 10.0. The number of aromatic hydroxyl groups is 1. The second-order valence-electron chi connectivity index (χ2n) is 4.87. The summed E-state index contributed by atoms with van der Waals surface area (Å²) in [6.07, 6.45) is -4.52. The molecule has 0 bridgehead atoms. The number of amides is 4. The third kappa shape index (κ3) is 6.83. The van der Waals surface area contributed by atoms with Crippen LogP contribution in [0.1, 0.15) is 11.1 Å². The van der Waals surface area contributed by atoms with Crippen LogP contribution in [-0.4, -0.2) is 17.2 Å². The molecule has 4 amide bonds. The quantitative estimate of drug-likeness (QED) is 0.507. The van der Waals surface area contributed by atoms with Crippen molar-refractivity contribution in [3.8, 4) is 11.8 Å². The van der Waals surface area contributed by atoms with Crippen LogP contribution in [0.2, 0.25) is 0 Å². The number of para-hydroxylation sites is 1. The number of primary amides is 2. The molecule has 0 saturated heterocycles. The zero-order chi connectivity index (χ0) is 20.6. The maximum Gasteiger partial charge on any atom is 0.416 e. The highest BCUT2D eigenvalue weighted by molar-refractivity contribution is 6.00. The van der Waals surface area contributed by atoms with Crippen molar-refractivity contribution >= 4 is 23.4 Å². The molecule has 2 rings (SSSR count). The predicted molar refractivity (Wildman–Crippen MR) is 90.7 cm³/mol. The number of phenols is 1. The van der Waals surface area contributed by atoms with Gasteiger partial charge >= 0.3 is 18.2 Å². The van der Waals surface area contributed by atoms with Crippen LogP contribution < -0.4 is 22.1 Å². The number of carbonyl (C=O) groups is 2. The first-order chi connectivity index (χ1) is 12.5. The van der Waals surface area contributed by atoms with E-state index in [4.69, 9.17) is 10.1 Å². The van der Waals surface area contributed by atoms with Gasteiger partial charge < -0.3 is 27.2 Å². The summed E-state index contributed by atoms with van der Waals surface area (Å²) >= 11 is 0. The molecule has 0 unspecified atom stereocenters. The van der Waals surface area contributed by atoms with Crippen molar-refractivity contribution in [1.82, 2.24) is 0 Å². The molecule has 8 nitrogen and oxygen atoms in total. The molecule has 0 fully saturated rings. The molecule has 7 N–H and O–H groups in total. The number of carbonyl (C=O) groups excluding carboxylic acids is 2. The Labute approximate surface area is 151 Å². The van der Waals surface area contributed by atoms with Crippen LogP contribution in [0.15, 0.2) is 42.5 Å². The fourth-order valence-electron chi connectivity index (χ4n) is 1.79. The van der Waals surface area contributed by atoms with Crippen LogP contribution >= 0.6 is 0 Å². The van der Waals surface area contributed by atoms with E-state index in [1.807, 2.05) is 0 Å². The molecule has 27 heavy (non-hydrogen) atoms. The highest BCUT2D eigenvalue weighted by atomic mass is 19.4. The predicted octanol–water partition coefficient (Wildman–Crippen LogP) is 2.95. The van der Waals surface area contributed by atoms with E-state index in [1.165, 1.54) is 24.3 Å². The smallest absolute Gasteiger partial charge is 0.416 e. The first-order valence-electron chi connectivity index (χ1n) is 7.07. The number of nitrogens with one attached hydrogen (secondary N) is 2. The number of urea groups is 2. The van der Waals surface area contributed by atoms with E-state index >= 15 is 0 Å². The van der Waals surface area contributed by atoms with E-state index in [9.17, 15) is 23.1 Å². The van der Waals surface area contributed by atoms with Gasteiger partial charge in [-0.25, -0.2) is 9.59 Å². The van der Waals surface area contributed by atoms with Crippen LogP contribution in [0.3, 0.4) is 0 Å². The van der Waals surface area contributed by atoms with Crippen LogP contribution in [0.4, 0.5) is 34.1 Å². The Morgan fingerprint density at radius 1 is 1.07 bits per heavy atom. The van der Waals surface area contributed by atoms with Gasteiger partial charge in [-0.1, -0.05) is 12.1 Å². The fraction of sp³-hybridized carbons (Fsp3) is 0.0625. The zero-order valence-corrected chi connectivity index (χ0v) is 13.5. The number of hydrogen-bond donors (Lipinski definition) is 5. The first kappa shape index (κ1) is 21.1. The number of anilines is 2. The van der Waals surface area contributed by atoms with Gasteiger partial charge in [0.2, 0.25) is 0 Å². The van der Waals surface area contributed by atoms with Gasteiger partial charge in [0.05, 0.1) is 16.8 Å². The van der Waals surface area contributed by atoms with Gasteiger partial charge in [0, 0.05) is 5.69 Å². The van der Waals surface area contributed by atoms with E-state index in [0.717, 1.165) is 18.2 Å². The van der Waals surface area contributed by atoms with Crippen LogP contribution in [0.5, 0.6) is 5.75 Å². The van der Waals surface area contributed by atoms with Gasteiger partial charge in [0.15, 0.2) is 5.75 Å². The van der Waals surface area contributed by atoms with Gasteiger partial charge in [0.1, 0.15) is 6.07 Å². The third-order valence-corrected chi connectivity index (χ3v) is 2.85. The first-order valence-corrected chi connectivity index (χ1v) is 7.07. The summed E-state index contributed by atoms with van der Waals surface area (Å²) in [5.41, 5.74) is 7.47. The molecule has 0 aliphatic rings. The summed E-state index contributed by atoms with van der Waals surface area (Å²) < 4.78 is 37.8. The van der Waals surface area contributed by atoms with Crippen molar-refractivity contribution in [1.29, 1.82) is 5.26 Å². The monoisotopic (exact) mass is 381 g/mol. The molecule has 0 aliphatic heterocycles. The molecule has 142 valence electrons. The standard InChI is InChI=1S/C15H10F3N3O2.CH4N2O/c16-15(17,18)10-4-2-5-11(7-10)20-14(23)21-12-6-1-3-9(8-19)13(12)22;2-1(3)4/h1-7,22H,(H2,20,21,23);(H4,2,3,4). The molecule has 0 aromatic heterocycles. The Kier molecular flexibility index (Phi) is 7.00. The highest BCUT2D eigenvalue weighted by Gasteiger charge is 2.30. The Hall–Kier alpha value is -3.94. The van der Waals surface area contributed by atoms with Crippen molar-refractivity contribution in [3.63, 3.8) is 0 Å². The average molecular weight is 381 g/mol. The third-order valence-electron chi connectivity index (χ3n) is 2.85. The van der Waals surface area contributed by atoms with E-state index in [1.54, 1.807) is 6.07 Å². The number of phenolic OH excluding ortho intramolecular Hbond substituents is 1. The maximum absolute atomic E-state index is 12.6. The number of alkyl halides is 3. The van der Waals surface area contributed by atoms with Crippen LogP contribution in [-0.2, 0) is 6.18 Å². The lowest BCUT2D eigenvalue weighted by atomic mass is 10.2. The molecule has 0 aliphatic carbocycles. The van der Waals surface area contributed by atoms with Gasteiger partial charge in [-0.15, -0.1) is 0 Å². The summed E-state index contributed by atoms with van der Waals surface area (Å²) in [6, 6.07) is 8.31. The molecule has 11 heteroatoms. The minimum atomic E-state index is -4.52. The Bertz CT molecular complexity index is 874. The SMILES string of the molecule is N#Cc1cccc(NC(=O)Nc2cccc(C(F)(F)F)c2)c1O.NC(N)=O. The molecular weight excluding hydrogens is 367 g/mol. The summed E-state index contributed by atoms with van der Waals surface area (Å²) in [4.78, 5) is 20.8. The molecule has 2 aromatic rings. The number of halogens is 3. The van der Waals surface area contributed by atoms with Crippen LogP contribution in [0, 0.1) is 11.3 Å². The molecule has 2 aromatic carbocycles. The van der Waals surface area contributed by atoms with Crippen molar-refractivity contribution < 1.29 is 27.9 Å². The number of nitrogens with zero attached hydrogens (tertiary/aromatic N) is 1. The minimum absolute atomic E-state index is 0.0338. The fourth-order valence-corrected chi connectivity index (χ4v) is 1.79. The molecule has 0 saturated carbocycles. The summed E-state index contributed by atoms with van der Waals surface area (Å²) in [5, 5.41) is 23.0. The second-order valence-corrected chi connectivity index (χ2v) is 4.87. The Morgan fingerprint density at radius 3 is 2.22 bits per heavy atom. The van der Waals surface area contributed by atoms with Crippen LogP contribution in [0.25, 0.3) is 0 Å². The van der Waals surface area contributed by atoms with E-state index in [0.29, 0.717) is 0 Å². The van der Waals surface area contributed by atoms with Gasteiger partial charge in [-0.2, -0.15) is 18.4 Å². The minimum Gasteiger partial charge on any atom is -0.504 e. The van der Waals surface area contributed by atoms with Crippen molar-refractivity contribution in [2.24, 2.45) is 11.5 Å². The average Bonchev–Trinajstić information content (AvgIpc) is 2.55. The molecule has 0 heterocycles. The number of nitrogens with two attached hydrogens (primary N) is 2. The van der Waals surface area contributed by atoms with Gasteiger partial charge in [0.25, 0.3) is 0 Å². The summed E-state index contributed by atoms with van der Waals surface area (Å²) in [6.45, 7) is 0. The van der Waals surface area contributed by atoms with Crippen molar-refractivity contribution in [2.75, 3.05) is 10.6 Å². The summed E-state index contributed by atoms with van der Waals surface area (Å²) in [7, 11) is 0. The number of nitriles is 1. The topological polar surface area (TPSA) is 154 Å². The Balaban J connectivity index is 0.000000828. The van der Waals surface area contributed by atoms with E-state index < -0.39 is 29.6 Å².